The van der Waals surface area contributed by atoms with Crippen LogP contribution in [0.3, 0.4) is 0 Å². The van der Waals surface area contributed by atoms with E-state index >= 15 is 0 Å². The van der Waals surface area contributed by atoms with Gasteiger partial charge in [0.25, 0.3) is 0 Å². The molecule has 4 N–H and O–H groups in total. The Morgan fingerprint density at radius 3 is 2.00 bits per heavy atom. The first-order chi connectivity index (χ1) is 21.2. The van der Waals surface area contributed by atoms with Crippen LogP contribution < -0.4 is 5.73 Å². The van der Waals surface area contributed by atoms with E-state index < -0.39 is 35.5 Å². The number of benzene rings is 3. The Morgan fingerprint density at radius 1 is 0.932 bits per heavy atom. The molecule has 0 aliphatic carbocycles. The van der Waals surface area contributed by atoms with Crippen LogP contribution in [0.25, 0.3) is 11.0 Å². The summed E-state index contributed by atoms with van der Waals surface area (Å²) in [4.78, 5) is 27.2. The highest BCUT2D eigenvalue weighted by atomic mass is 16.6. The van der Waals surface area contributed by atoms with E-state index in [0.29, 0.717) is 16.9 Å². The molecular formula is C35H37N5O4. The molecule has 1 aliphatic heterocycles. The van der Waals surface area contributed by atoms with Crippen molar-refractivity contribution in [1.29, 1.82) is 0 Å². The number of fused-ring (bicyclic) bond motifs is 1. The van der Waals surface area contributed by atoms with Crippen molar-refractivity contribution in [1.82, 2.24) is 19.9 Å². The van der Waals surface area contributed by atoms with Crippen molar-refractivity contribution in [2.75, 3.05) is 12.3 Å². The minimum Gasteiger partial charge on any atom is -0.444 e. The van der Waals surface area contributed by atoms with Crippen LogP contribution in [0.2, 0.25) is 0 Å². The number of nitrogens with two attached hydrogens (primary N) is 1. The van der Waals surface area contributed by atoms with Crippen LogP contribution in [-0.4, -0.2) is 55.4 Å². The summed E-state index contributed by atoms with van der Waals surface area (Å²) in [5.74, 6) is 0.307. The number of carbonyl (C=O) groups excluding carboxylic acids is 1. The van der Waals surface area contributed by atoms with Crippen LogP contribution >= 0.6 is 0 Å². The van der Waals surface area contributed by atoms with Gasteiger partial charge in [-0.05, 0) is 37.5 Å². The number of ether oxygens (including phenoxy) is 2. The number of nitrogens with one attached hydrogen (secondary N) is 1. The van der Waals surface area contributed by atoms with Crippen LogP contribution in [0.1, 0.15) is 55.5 Å². The Morgan fingerprint density at radius 2 is 1.48 bits per heavy atom. The molecule has 3 atom stereocenters. The molecule has 1 amide bonds. The summed E-state index contributed by atoms with van der Waals surface area (Å²) in [6.07, 6.45) is 1.98. The fourth-order valence-electron chi connectivity index (χ4n) is 6.17. The number of aliphatic hydroxyl groups is 1. The fraction of sp³-hybridized carbons (Fsp3) is 0.286. The Bertz CT molecular complexity index is 1620. The first-order valence-electron chi connectivity index (χ1n) is 14.8. The monoisotopic (exact) mass is 591 g/mol. The molecule has 3 heterocycles. The second-order valence-corrected chi connectivity index (χ2v) is 12.1. The molecule has 2 unspecified atom stereocenters. The lowest BCUT2D eigenvalue weighted by molar-refractivity contribution is -0.0466. The topological polar surface area (TPSA) is 127 Å². The number of aromatic nitrogens is 3. The number of hydrogen-bond acceptors (Lipinski definition) is 7. The van der Waals surface area contributed by atoms with Crippen LogP contribution in [0.5, 0.6) is 0 Å². The average Bonchev–Trinajstić information content (AvgIpc) is 3.60. The molecule has 6 rings (SSSR count). The maximum Gasteiger partial charge on any atom is 0.411 e. The van der Waals surface area contributed by atoms with Crippen molar-refractivity contribution < 1.29 is 19.4 Å². The van der Waals surface area contributed by atoms with Gasteiger partial charge < -0.3 is 25.3 Å². The molecule has 5 aromatic rings. The molecule has 1 fully saturated rings. The number of aliphatic hydroxyl groups excluding tert-OH is 1. The Labute approximate surface area is 256 Å². The number of carbonyl (C=O) groups is 1. The van der Waals surface area contributed by atoms with Gasteiger partial charge >= 0.3 is 6.09 Å². The first kappa shape index (κ1) is 29.3. The van der Waals surface area contributed by atoms with E-state index in [2.05, 4.69) is 15.0 Å². The van der Waals surface area contributed by atoms with Crippen molar-refractivity contribution in [3.63, 3.8) is 0 Å². The molecule has 9 nitrogen and oxygen atoms in total. The van der Waals surface area contributed by atoms with Gasteiger partial charge in [-0.25, -0.2) is 14.8 Å². The lowest BCUT2D eigenvalue weighted by Crippen LogP contribution is -2.47. The fourth-order valence-corrected chi connectivity index (χ4v) is 6.17. The molecule has 1 aliphatic rings. The highest BCUT2D eigenvalue weighted by Crippen LogP contribution is 2.44. The number of nitrogen functional groups attached to an aromatic ring is 1. The van der Waals surface area contributed by atoms with Crippen LogP contribution in [-0.2, 0) is 15.1 Å². The highest BCUT2D eigenvalue weighted by Gasteiger charge is 2.48. The summed E-state index contributed by atoms with van der Waals surface area (Å²) >= 11 is 0. The average molecular weight is 592 g/mol. The molecule has 0 spiro atoms. The lowest BCUT2D eigenvalue weighted by atomic mass is 9.80. The van der Waals surface area contributed by atoms with E-state index in [1.165, 1.54) is 6.33 Å². The van der Waals surface area contributed by atoms with Gasteiger partial charge in [0.05, 0.1) is 30.3 Å². The van der Waals surface area contributed by atoms with Crippen molar-refractivity contribution in [3.05, 3.63) is 126 Å². The van der Waals surface area contributed by atoms with Gasteiger partial charge in [-0.2, -0.15) is 0 Å². The SMILES string of the molecule is CC(C)(C)OC(=O)N1C(c2c[nH]c3c(N)ncnc23)C[C@H](O)C1COC(c1ccccc1)(c1ccccc1)c1ccccc1. The van der Waals surface area contributed by atoms with Crippen LogP contribution in [0.4, 0.5) is 10.6 Å². The standard InChI is InChI=1S/C35H37N5O4/c1-34(2,3)44-33(42)40-27(26-20-37-31-30(26)38-22-39-32(31)36)19-29(41)28(40)21-43-35(23-13-7-4-8-14-23,24-15-9-5-10-16-24)25-17-11-6-12-18-25/h4-18,20,22,27-29,37,41H,19,21H2,1-3H3,(H2,36,38,39)/t27?,28?,29-/m0/s1. The molecule has 226 valence electrons. The summed E-state index contributed by atoms with van der Waals surface area (Å²) in [5, 5.41) is 11.6. The van der Waals surface area contributed by atoms with Crippen molar-refractivity contribution in [2.45, 2.75) is 56.6 Å². The first-order valence-corrected chi connectivity index (χ1v) is 14.8. The number of aromatic amines is 1. The summed E-state index contributed by atoms with van der Waals surface area (Å²) < 4.78 is 13.0. The summed E-state index contributed by atoms with van der Waals surface area (Å²) in [6, 6.07) is 28.8. The molecule has 3 aromatic carbocycles. The normalized spacial score (nSPS) is 18.9. The summed E-state index contributed by atoms with van der Waals surface area (Å²) in [7, 11) is 0. The van der Waals surface area contributed by atoms with E-state index in [4.69, 9.17) is 15.2 Å². The highest BCUT2D eigenvalue weighted by molar-refractivity contribution is 5.88. The molecule has 9 heteroatoms. The largest absolute Gasteiger partial charge is 0.444 e. The summed E-state index contributed by atoms with van der Waals surface area (Å²) in [5.41, 5.74) is 9.00. The van der Waals surface area contributed by atoms with Crippen LogP contribution in [0, 0.1) is 0 Å². The number of anilines is 1. The Balaban J connectivity index is 1.44. The van der Waals surface area contributed by atoms with E-state index in [1.54, 1.807) is 11.1 Å². The maximum absolute atomic E-state index is 13.9. The maximum atomic E-state index is 13.9. The number of hydrogen-bond donors (Lipinski definition) is 3. The Hall–Kier alpha value is -4.73. The second kappa shape index (κ2) is 11.7. The zero-order valence-electron chi connectivity index (χ0n) is 25.1. The smallest absolute Gasteiger partial charge is 0.411 e. The minimum absolute atomic E-state index is 0.0229. The van der Waals surface area contributed by atoms with Crippen molar-refractivity contribution in [2.24, 2.45) is 0 Å². The van der Waals surface area contributed by atoms with E-state index in [1.807, 2.05) is 112 Å². The van der Waals surface area contributed by atoms with Crippen molar-refractivity contribution >= 4 is 22.9 Å². The van der Waals surface area contributed by atoms with E-state index in [-0.39, 0.29) is 13.0 Å². The molecule has 0 radical (unpaired) electrons. The molecular weight excluding hydrogens is 554 g/mol. The number of likely N-dealkylation sites (tertiary alicyclic amines) is 1. The number of H-pyrrole nitrogens is 1. The van der Waals surface area contributed by atoms with Gasteiger partial charge in [-0.15, -0.1) is 0 Å². The Kier molecular flexibility index (Phi) is 7.84. The van der Waals surface area contributed by atoms with Gasteiger partial charge in [0.15, 0.2) is 5.82 Å². The van der Waals surface area contributed by atoms with Gasteiger partial charge in [0, 0.05) is 18.2 Å². The second-order valence-electron chi connectivity index (χ2n) is 12.1. The van der Waals surface area contributed by atoms with Gasteiger partial charge in [-0.1, -0.05) is 91.0 Å². The summed E-state index contributed by atoms with van der Waals surface area (Å²) in [6.45, 7) is 5.49. The predicted molar refractivity (Wildman–Crippen MR) is 169 cm³/mol. The van der Waals surface area contributed by atoms with Gasteiger partial charge in [0.1, 0.15) is 23.0 Å². The molecule has 1 saturated heterocycles. The third-order valence-corrected chi connectivity index (χ3v) is 8.10. The lowest BCUT2D eigenvalue weighted by Gasteiger charge is -2.39. The predicted octanol–water partition coefficient (Wildman–Crippen LogP) is 5.96. The number of nitrogens with zero attached hydrogens (tertiary/aromatic N) is 3. The van der Waals surface area contributed by atoms with E-state index in [0.717, 1.165) is 22.3 Å². The number of amides is 1. The van der Waals surface area contributed by atoms with Gasteiger partial charge in [-0.3, -0.25) is 4.90 Å². The quantitative estimate of drug-likeness (QED) is 0.199. The zero-order chi connectivity index (χ0) is 30.9. The number of rotatable bonds is 7. The molecule has 2 aromatic heterocycles. The van der Waals surface area contributed by atoms with Gasteiger partial charge in [0.2, 0.25) is 0 Å². The zero-order valence-corrected chi connectivity index (χ0v) is 25.1. The third-order valence-electron chi connectivity index (χ3n) is 8.10. The van der Waals surface area contributed by atoms with Crippen LogP contribution in [0.15, 0.2) is 104 Å². The molecule has 0 saturated carbocycles. The van der Waals surface area contributed by atoms with E-state index in [9.17, 15) is 9.90 Å². The minimum atomic E-state index is -1.02. The molecule has 44 heavy (non-hydrogen) atoms. The van der Waals surface area contributed by atoms with Crippen molar-refractivity contribution in [3.8, 4) is 0 Å². The molecule has 0 bridgehead atoms. The third kappa shape index (κ3) is 5.40.